The van der Waals surface area contributed by atoms with Crippen LogP contribution in [0.4, 0.5) is 0 Å². The number of hydrogen-bond donors (Lipinski definition) is 4. The Morgan fingerprint density at radius 2 is 1.90 bits per heavy atom. The van der Waals surface area contributed by atoms with Crippen molar-refractivity contribution in [1.82, 2.24) is 26.2 Å². The third-order valence-corrected chi connectivity index (χ3v) is 8.91. The molecular weight excluding hydrogens is 516 g/mol. The number of carbonyl (C=O) groups is 1. The first kappa shape index (κ1) is 33.6. The van der Waals surface area contributed by atoms with Crippen molar-refractivity contribution in [1.29, 1.82) is 0 Å². The Labute approximate surface area is 248 Å². The summed E-state index contributed by atoms with van der Waals surface area (Å²) in [6, 6.07) is 0.121. The third-order valence-electron chi connectivity index (χ3n) is 7.75. The fourth-order valence-electron chi connectivity index (χ4n) is 5.34. The fraction of sp³-hybridized carbons (Fsp3) is 0.625. The van der Waals surface area contributed by atoms with Crippen LogP contribution in [0.25, 0.3) is 0 Å². The smallest absolute Gasteiger partial charge is 0.242 e. The zero-order chi connectivity index (χ0) is 29.8. The van der Waals surface area contributed by atoms with Gasteiger partial charge in [0.2, 0.25) is 5.91 Å². The molecule has 0 spiro atoms. The lowest BCUT2D eigenvalue weighted by atomic mass is 9.90. The Morgan fingerprint density at radius 3 is 2.50 bits per heavy atom. The third kappa shape index (κ3) is 9.50. The lowest BCUT2D eigenvalue weighted by Gasteiger charge is -2.51. The molecule has 4 N–H and O–H groups in total. The number of amides is 1. The van der Waals surface area contributed by atoms with Crippen LogP contribution in [-0.2, 0) is 4.79 Å². The SMILES string of the molecule is C=CNCCCCC(C)/C(=C/C)NC(=C)C1CSC(C2CC(C)N2C(=C)C(CC(C)C)NC(=O)C(C)NC=C)=N1. The van der Waals surface area contributed by atoms with E-state index in [1.54, 1.807) is 12.4 Å². The minimum absolute atomic E-state index is 0.0435. The molecule has 0 aromatic rings. The van der Waals surface area contributed by atoms with Gasteiger partial charge in [-0.25, -0.2) is 0 Å². The van der Waals surface area contributed by atoms with E-state index in [2.05, 4.69) is 93.2 Å². The first-order valence-corrected chi connectivity index (χ1v) is 15.8. The van der Waals surface area contributed by atoms with E-state index < -0.39 is 0 Å². The van der Waals surface area contributed by atoms with E-state index >= 15 is 0 Å². The standard InChI is InChI=1S/C32H54N6OS/c1-11-27(22(6)16-14-15-17-33-12-2)35-24(8)29-20-40-32(37-29)30-19-23(7)38(30)26(10)28(18-21(4)5)36-31(39)25(9)34-13-3/h11-13,21-23,25,28-30,33-35H,2-3,8,10,14-20H2,1,4-7,9H3,(H,36,39)/b27-11-. The van der Waals surface area contributed by atoms with Crippen LogP contribution in [0.3, 0.4) is 0 Å². The summed E-state index contributed by atoms with van der Waals surface area (Å²) in [5, 5.41) is 14.1. The maximum atomic E-state index is 12.8. The van der Waals surface area contributed by atoms with Crippen molar-refractivity contribution in [3.05, 3.63) is 61.9 Å². The summed E-state index contributed by atoms with van der Waals surface area (Å²) in [4.78, 5) is 20.3. The van der Waals surface area contributed by atoms with Gasteiger partial charge in [-0.05, 0) is 70.7 Å². The highest BCUT2D eigenvalue weighted by Gasteiger charge is 2.43. The molecule has 2 heterocycles. The average molecular weight is 571 g/mol. The van der Waals surface area contributed by atoms with Crippen molar-refractivity contribution in [2.75, 3.05) is 12.3 Å². The number of thioether (sulfide) groups is 1. The first-order chi connectivity index (χ1) is 19.0. The second kappa shape index (κ2) is 16.6. The van der Waals surface area contributed by atoms with Crippen LogP contribution in [0.1, 0.15) is 73.6 Å². The second-order valence-corrected chi connectivity index (χ2v) is 12.6. The van der Waals surface area contributed by atoms with E-state index in [1.807, 2.05) is 18.7 Å². The molecule has 7 nitrogen and oxygen atoms in total. The van der Waals surface area contributed by atoms with Gasteiger partial charge in [0.15, 0.2) is 0 Å². The summed E-state index contributed by atoms with van der Waals surface area (Å²) in [5.74, 6) is 1.70. The van der Waals surface area contributed by atoms with Gasteiger partial charge in [0.25, 0.3) is 0 Å². The average Bonchev–Trinajstić information content (AvgIpc) is 3.39. The van der Waals surface area contributed by atoms with Gasteiger partial charge >= 0.3 is 0 Å². The maximum absolute atomic E-state index is 12.8. The van der Waals surface area contributed by atoms with Crippen LogP contribution in [-0.4, -0.2) is 58.4 Å². The van der Waals surface area contributed by atoms with Gasteiger partial charge in [-0.1, -0.05) is 59.6 Å². The predicted octanol–water partition coefficient (Wildman–Crippen LogP) is 5.68. The van der Waals surface area contributed by atoms with Crippen molar-refractivity contribution >= 4 is 22.7 Å². The van der Waals surface area contributed by atoms with E-state index in [0.29, 0.717) is 17.9 Å². The molecule has 1 saturated heterocycles. The minimum atomic E-state index is -0.349. The topological polar surface area (TPSA) is 80.8 Å². The number of unbranched alkanes of at least 4 members (excludes halogenated alkanes) is 1. The van der Waals surface area contributed by atoms with Crippen molar-refractivity contribution in [2.45, 2.75) is 104 Å². The summed E-state index contributed by atoms with van der Waals surface area (Å²) < 4.78 is 0. The number of nitrogens with zero attached hydrogens (tertiary/aromatic N) is 2. The molecule has 224 valence electrons. The van der Waals surface area contributed by atoms with Gasteiger partial charge in [0.1, 0.15) is 6.04 Å². The van der Waals surface area contributed by atoms with Crippen LogP contribution in [0.2, 0.25) is 0 Å². The first-order valence-electron chi connectivity index (χ1n) is 14.8. The van der Waals surface area contributed by atoms with Gasteiger partial charge in [-0.3, -0.25) is 9.79 Å². The molecule has 0 radical (unpaired) electrons. The van der Waals surface area contributed by atoms with Crippen LogP contribution in [0.15, 0.2) is 66.9 Å². The summed E-state index contributed by atoms with van der Waals surface area (Å²) in [5.41, 5.74) is 3.14. The number of aliphatic imine (C=N–C) groups is 1. The molecule has 0 aromatic carbocycles. The van der Waals surface area contributed by atoms with Crippen LogP contribution < -0.4 is 21.3 Å². The molecule has 0 aromatic heterocycles. The molecular formula is C32H54N6OS. The van der Waals surface area contributed by atoms with E-state index in [0.717, 1.165) is 60.8 Å². The van der Waals surface area contributed by atoms with Crippen LogP contribution in [0.5, 0.6) is 0 Å². The van der Waals surface area contributed by atoms with Gasteiger partial charge in [-0.2, -0.15) is 0 Å². The number of allylic oxidation sites excluding steroid dienone is 2. The predicted molar refractivity (Wildman–Crippen MR) is 174 cm³/mol. The van der Waals surface area contributed by atoms with E-state index in [-0.39, 0.29) is 30.1 Å². The van der Waals surface area contributed by atoms with Gasteiger partial charge in [0.05, 0.1) is 23.2 Å². The molecule has 1 fully saturated rings. The Balaban J connectivity index is 2.03. The molecule has 6 atom stereocenters. The zero-order valence-corrected chi connectivity index (χ0v) is 26.6. The zero-order valence-electron chi connectivity index (χ0n) is 25.8. The highest BCUT2D eigenvalue weighted by atomic mass is 32.2. The summed E-state index contributed by atoms with van der Waals surface area (Å²) in [6.45, 7) is 30.0. The van der Waals surface area contributed by atoms with Crippen LogP contribution >= 0.6 is 11.8 Å². The lowest BCUT2D eigenvalue weighted by Crippen LogP contribution is -2.60. The molecule has 2 aliphatic heterocycles. The van der Waals surface area contributed by atoms with Gasteiger partial charge in [0, 0.05) is 35.4 Å². The lowest BCUT2D eigenvalue weighted by molar-refractivity contribution is -0.123. The molecule has 0 aliphatic carbocycles. The number of rotatable bonds is 19. The van der Waals surface area contributed by atoms with Crippen molar-refractivity contribution in [2.24, 2.45) is 16.8 Å². The number of hydrogen-bond acceptors (Lipinski definition) is 7. The van der Waals surface area contributed by atoms with E-state index in [4.69, 9.17) is 4.99 Å². The fourth-order valence-corrected chi connectivity index (χ4v) is 6.55. The van der Waals surface area contributed by atoms with Crippen molar-refractivity contribution in [3.8, 4) is 0 Å². The normalized spacial score (nSPS) is 22.9. The van der Waals surface area contributed by atoms with Crippen LogP contribution in [0, 0.1) is 11.8 Å². The number of likely N-dealkylation sites (tertiary alicyclic amines) is 1. The summed E-state index contributed by atoms with van der Waals surface area (Å²) in [6.07, 6.45) is 10.8. The highest BCUT2D eigenvalue weighted by Crippen LogP contribution is 2.38. The molecule has 2 aliphatic rings. The largest absolute Gasteiger partial charge is 0.391 e. The monoisotopic (exact) mass is 570 g/mol. The quantitative estimate of drug-likeness (QED) is 0.150. The Hall–Kier alpha value is -2.61. The molecule has 2 rings (SSSR count). The second-order valence-electron chi connectivity index (χ2n) is 11.5. The molecule has 40 heavy (non-hydrogen) atoms. The van der Waals surface area contributed by atoms with E-state index in [9.17, 15) is 4.79 Å². The molecule has 0 saturated carbocycles. The molecule has 8 heteroatoms. The number of nitrogens with one attached hydrogen (secondary N) is 4. The Bertz CT molecular complexity index is 957. The van der Waals surface area contributed by atoms with Crippen molar-refractivity contribution < 1.29 is 4.79 Å². The minimum Gasteiger partial charge on any atom is -0.391 e. The molecule has 0 bridgehead atoms. The van der Waals surface area contributed by atoms with Gasteiger partial charge < -0.3 is 26.2 Å². The van der Waals surface area contributed by atoms with Crippen molar-refractivity contribution in [3.63, 3.8) is 0 Å². The summed E-state index contributed by atoms with van der Waals surface area (Å²) in [7, 11) is 0. The Kier molecular flexibility index (Phi) is 13.9. The summed E-state index contributed by atoms with van der Waals surface area (Å²) >= 11 is 1.82. The molecule has 6 unspecified atom stereocenters. The Morgan fingerprint density at radius 1 is 1.18 bits per heavy atom. The van der Waals surface area contributed by atoms with Gasteiger partial charge in [-0.15, -0.1) is 11.8 Å². The maximum Gasteiger partial charge on any atom is 0.242 e. The highest BCUT2D eigenvalue weighted by molar-refractivity contribution is 8.14. The number of carbonyl (C=O) groups excluding carboxylic acids is 1. The molecule has 1 amide bonds. The van der Waals surface area contributed by atoms with E-state index in [1.165, 1.54) is 5.70 Å².